The summed E-state index contributed by atoms with van der Waals surface area (Å²) < 4.78 is 40.4. The molecule has 27 heavy (non-hydrogen) atoms. The van der Waals surface area contributed by atoms with Gasteiger partial charge in [0.05, 0.1) is 0 Å². The predicted octanol–water partition coefficient (Wildman–Crippen LogP) is 3.21. The molecule has 0 radical (unpaired) electrons. The van der Waals surface area contributed by atoms with Crippen LogP contribution in [0.25, 0.3) is 0 Å². The van der Waals surface area contributed by atoms with Gasteiger partial charge in [0.15, 0.2) is 5.69 Å². The number of rotatable bonds is 3. The van der Waals surface area contributed by atoms with Crippen LogP contribution < -0.4 is 9.80 Å². The van der Waals surface area contributed by atoms with E-state index in [1.54, 1.807) is 13.4 Å². The smallest absolute Gasteiger partial charge is 0.356 e. The van der Waals surface area contributed by atoms with E-state index in [-0.39, 0.29) is 5.92 Å². The minimum atomic E-state index is -4.42. The molecule has 2 aliphatic rings. The Morgan fingerprint density at radius 2 is 1.67 bits per heavy atom. The van der Waals surface area contributed by atoms with Crippen molar-refractivity contribution in [2.45, 2.75) is 37.8 Å². The van der Waals surface area contributed by atoms with E-state index in [1.807, 2.05) is 6.07 Å². The van der Waals surface area contributed by atoms with Crippen molar-refractivity contribution in [1.82, 2.24) is 19.5 Å². The van der Waals surface area contributed by atoms with E-state index in [2.05, 4.69) is 24.8 Å². The Labute approximate surface area is 156 Å². The van der Waals surface area contributed by atoms with E-state index in [1.165, 1.54) is 17.4 Å². The molecule has 1 atom stereocenters. The molecule has 2 saturated heterocycles. The third-order valence-corrected chi connectivity index (χ3v) is 5.38. The number of aryl methyl sites for hydroxylation is 1. The van der Waals surface area contributed by atoms with Crippen LogP contribution in [0.5, 0.6) is 0 Å². The summed E-state index contributed by atoms with van der Waals surface area (Å²) in [5, 5.41) is 0. The lowest BCUT2D eigenvalue weighted by molar-refractivity contribution is -0.141. The summed E-state index contributed by atoms with van der Waals surface area (Å²) >= 11 is 0. The van der Waals surface area contributed by atoms with E-state index >= 15 is 0 Å². The van der Waals surface area contributed by atoms with Crippen LogP contribution in [0.1, 0.15) is 43.1 Å². The van der Waals surface area contributed by atoms with Crippen LogP contribution in [0.15, 0.2) is 18.6 Å². The Bertz CT molecular complexity index is 797. The topological polar surface area (TPSA) is 50.1 Å². The van der Waals surface area contributed by atoms with Gasteiger partial charge in [-0.1, -0.05) is 0 Å². The molecule has 0 spiro atoms. The zero-order chi connectivity index (χ0) is 19.0. The van der Waals surface area contributed by atoms with Crippen LogP contribution in [-0.4, -0.2) is 45.7 Å². The van der Waals surface area contributed by atoms with Crippen molar-refractivity contribution in [2.75, 3.05) is 36.0 Å². The zero-order valence-corrected chi connectivity index (χ0v) is 15.3. The molecular formula is C18H23F3N6. The van der Waals surface area contributed by atoms with E-state index in [4.69, 9.17) is 0 Å². The van der Waals surface area contributed by atoms with Crippen molar-refractivity contribution in [3.63, 3.8) is 0 Å². The molecule has 0 aromatic carbocycles. The molecule has 0 amide bonds. The normalized spacial score (nSPS) is 21.1. The quantitative estimate of drug-likeness (QED) is 0.818. The molecule has 4 heterocycles. The number of anilines is 2. The van der Waals surface area contributed by atoms with Gasteiger partial charge in [0.2, 0.25) is 0 Å². The Morgan fingerprint density at radius 3 is 2.33 bits per heavy atom. The minimum Gasteiger partial charge on any atom is -0.356 e. The second-order valence-corrected chi connectivity index (χ2v) is 7.31. The fourth-order valence-electron chi connectivity index (χ4n) is 4.02. The monoisotopic (exact) mass is 380 g/mol. The SMILES string of the molecule is Cn1cc(C(F)(F)F)nc1[C@@H]1CCCN(c2cc(N3CCCC3)ncn2)C1. The van der Waals surface area contributed by atoms with E-state index < -0.39 is 11.9 Å². The number of alkyl halides is 3. The Morgan fingerprint density at radius 1 is 1.00 bits per heavy atom. The molecule has 2 aromatic heterocycles. The van der Waals surface area contributed by atoms with E-state index in [0.29, 0.717) is 12.4 Å². The van der Waals surface area contributed by atoms with E-state index in [0.717, 1.165) is 50.3 Å². The van der Waals surface area contributed by atoms with Crippen molar-refractivity contribution in [1.29, 1.82) is 0 Å². The number of hydrogen-bond donors (Lipinski definition) is 0. The molecule has 2 fully saturated rings. The predicted molar refractivity (Wildman–Crippen MR) is 95.9 cm³/mol. The van der Waals surface area contributed by atoms with Gasteiger partial charge in [-0.2, -0.15) is 13.2 Å². The third kappa shape index (κ3) is 3.72. The Kier molecular flexibility index (Phi) is 4.69. The highest BCUT2D eigenvalue weighted by Gasteiger charge is 2.36. The molecule has 9 heteroatoms. The summed E-state index contributed by atoms with van der Waals surface area (Å²) in [5.41, 5.74) is -0.824. The van der Waals surface area contributed by atoms with Crippen molar-refractivity contribution < 1.29 is 13.2 Å². The van der Waals surface area contributed by atoms with Crippen LogP contribution in [0.4, 0.5) is 24.8 Å². The van der Waals surface area contributed by atoms with Gasteiger partial charge in [0.25, 0.3) is 0 Å². The highest BCUT2D eigenvalue weighted by molar-refractivity contribution is 5.51. The summed E-state index contributed by atoms with van der Waals surface area (Å²) in [6, 6.07) is 1.99. The van der Waals surface area contributed by atoms with Gasteiger partial charge in [-0.3, -0.25) is 0 Å². The number of imidazole rings is 1. The first-order chi connectivity index (χ1) is 12.9. The lowest BCUT2D eigenvalue weighted by atomic mass is 9.97. The largest absolute Gasteiger partial charge is 0.434 e. The number of nitrogens with zero attached hydrogens (tertiary/aromatic N) is 6. The lowest BCUT2D eigenvalue weighted by Crippen LogP contribution is -2.36. The first-order valence-electron chi connectivity index (χ1n) is 9.34. The van der Waals surface area contributed by atoms with Gasteiger partial charge in [-0.15, -0.1) is 0 Å². The average Bonchev–Trinajstić information content (AvgIpc) is 3.31. The second-order valence-electron chi connectivity index (χ2n) is 7.31. The summed E-state index contributed by atoms with van der Waals surface area (Å²) in [7, 11) is 1.63. The standard InChI is InChI=1S/C18H23F3N6/c1-25-11-14(18(19,20)21)24-17(25)13-5-4-8-27(10-13)16-9-15(22-12-23-16)26-6-2-3-7-26/h9,11-13H,2-8,10H2,1H3/t13-/m1/s1. The van der Waals surface area contributed by atoms with Crippen molar-refractivity contribution in [3.8, 4) is 0 Å². The lowest BCUT2D eigenvalue weighted by Gasteiger charge is -2.33. The molecule has 0 saturated carbocycles. The molecular weight excluding hydrogens is 357 g/mol. The molecule has 4 rings (SSSR count). The van der Waals surface area contributed by atoms with Gasteiger partial charge >= 0.3 is 6.18 Å². The molecule has 2 aliphatic heterocycles. The Balaban J connectivity index is 1.53. The summed E-state index contributed by atoms with van der Waals surface area (Å²) in [6.45, 7) is 3.46. The molecule has 0 bridgehead atoms. The van der Waals surface area contributed by atoms with Crippen LogP contribution in [0.3, 0.4) is 0 Å². The molecule has 2 aromatic rings. The molecule has 0 aliphatic carbocycles. The summed E-state index contributed by atoms with van der Waals surface area (Å²) in [5.74, 6) is 2.20. The van der Waals surface area contributed by atoms with Gasteiger partial charge in [-0.25, -0.2) is 15.0 Å². The second kappa shape index (κ2) is 7.01. The van der Waals surface area contributed by atoms with Crippen LogP contribution >= 0.6 is 0 Å². The zero-order valence-electron chi connectivity index (χ0n) is 15.3. The third-order valence-electron chi connectivity index (χ3n) is 5.38. The van der Waals surface area contributed by atoms with Crippen LogP contribution in [0.2, 0.25) is 0 Å². The summed E-state index contributed by atoms with van der Waals surface area (Å²) in [6.07, 6.45) is 2.30. The molecule has 0 unspecified atom stereocenters. The fraction of sp³-hybridized carbons (Fsp3) is 0.611. The average molecular weight is 380 g/mol. The molecule has 0 N–H and O–H groups in total. The van der Waals surface area contributed by atoms with Gasteiger partial charge in [0.1, 0.15) is 23.8 Å². The van der Waals surface area contributed by atoms with Crippen LogP contribution in [0, 0.1) is 0 Å². The Hall–Kier alpha value is -2.32. The van der Waals surface area contributed by atoms with Gasteiger partial charge in [-0.05, 0) is 25.7 Å². The first-order valence-corrected chi connectivity index (χ1v) is 9.34. The van der Waals surface area contributed by atoms with Crippen LogP contribution in [-0.2, 0) is 13.2 Å². The summed E-state index contributed by atoms with van der Waals surface area (Å²) in [4.78, 5) is 17.1. The molecule has 6 nitrogen and oxygen atoms in total. The van der Waals surface area contributed by atoms with Crippen molar-refractivity contribution >= 4 is 11.6 Å². The van der Waals surface area contributed by atoms with Gasteiger partial charge < -0.3 is 14.4 Å². The molecule has 146 valence electrons. The number of aromatic nitrogens is 4. The maximum absolute atomic E-state index is 13.0. The maximum atomic E-state index is 13.0. The van der Waals surface area contributed by atoms with E-state index in [9.17, 15) is 13.2 Å². The van der Waals surface area contributed by atoms with Crippen molar-refractivity contribution in [2.24, 2.45) is 7.05 Å². The van der Waals surface area contributed by atoms with Gasteiger partial charge in [0, 0.05) is 51.4 Å². The van der Waals surface area contributed by atoms with Crippen molar-refractivity contribution in [3.05, 3.63) is 30.1 Å². The number of hydrogen-bond acceptors (Lipinski definition) is 5. The fourth-order valence-corrected chi connectivity index (χ4v) is 4.02. The first kappa shape index (κ1) is 18.1. The minimum absolute atomic E-state index is 0.0509. The number of halogens is 3. The highest BCUT2D eigenvalue weighted by Crippen LogP contribution is 2.33. The number of piperidine rings is 1. The highest BCUT2D eigenvalue weighted by atomic mass is 19.4. The maximum Gasteiger partial charge on any atom is 0.434 e.